The molecule has 1 aromatic rings. The Hall–Kier alpha value is -0.307. The van der Waals surface area contributed by atoms with E-state index >= 15 is 0 Å². The van der Waals surface area contributed by atoms with Crippen molar-refractivity contribution in [2.75, 3.05) is 0 Å². The van der Waals surface area contributed by atoms with E-state index in [0.29, 0.717) is 0 Å². The minimum absolute atomic E-state index is 1.37. The summed E-state index contributed by atoms with van der Waals surface area (Å²) in [7, 11) is 0. The summed E-state index contributed by atoms with van der Waals surface area (Å²) in [4.78, 5) is 4.32. The van der Waals surface area contributed by atoms with Gasteiger partial charge in [0.25, 0.3) is 0 Å². The van der Waals surface area contributed by atoms with Crippen LogP contribution in [0.2, 0.25) is 15.8 Å². The molecule has 3 rings (SSSR count). The van der Waals surface area contributed by atoms with Gasteiger partial charge in [-0.05, 0) is 0 Å². The van der Waals surface area contributed by atoms with Crippen molar-refractivity contribution in [3.8, 4) is 0 Å². The van der Waals surface area contributed by atoms with E-state index < -0.39 is 13.3 Å². The Labute approximate surface area is 81.9 Å². The molecule has 1 saturated heterocycles. The molecule has 0 bridgehead atoms. The van der Waals surface area contributed by atoms with Crippen molar-refractivity contribution in [3.05, 3.63) is 24.0 Å². The molecule has 0 radical (unpaired) electrons. The van der Waals surface area contributed by atoms with Gasteiger partial charge in [-0.1, -0.05) is 0 Å². The fraction of sp³-hybridized carbons (Fsp3) is 0.545. The van der Waals surface area contributed by atoms with E-state index in [2.05, 4.69) is 17.2 Å². The topological polar surface area (TPSA) is 12.9 Å². The normalized spacial score (nSPS) is 23.7. The summed E-state index contributed by atoms with van der Waals surface area (Å²) in [5, 5.41) is 4.76. The van der Waals surface area contributed by atoms with Gasteiger partial charge in [-0.3, -0.25) is 0 Å². The first-order valence-corrected chi connectivity index (χ1v) is 10.8. The molecule has 2 aliphatic rings. The molecule has 0 N–H and O–H groups in total. The van der Waals surface area contributed by atoms with Crippen LogP contribution in [0.15, 0.2) is 18.5 Å². The molecule has 3 heterocycles. The molecule has 0 saturated carbocycles. The minimum atomic E-state index is -1.48. The third-order valence-corrected chi connectivity index (χ3v) is 15.3. The third kappa shape index (κ3) is 1.09. The van der Waals surface area contributed by atoms with Crippen molar-refractivity contribution in [3.63, 3.8) is 0 Å². The maximum absolute atomic E-state index is 4.32. The second-order valence-corrected chi connectivity index (χ2v) is 14.2. The van der Waals surface area contributed by atoms with Crippen molar-refractivity contribution in [1.82, 2.24) is 4.98 Å². The van der Waals surface area contributed by atoms with Crippen LogP contribution in [0.1, 0.15) is 18.4 Å². The van der Waals surface area contributed by atoms with E-state index in [9.17, 15) is 0 Å². The Balaban J connectivity index is 2.11. The van der Waals surface area contributed by atoms with Crippen LogP contribution >= 0.6 is 0 Å². The number of hydrogen-bond acceptors (Lipinski definition) is 1. The van der Waals surface area contributed by atoms with Gasteiger partial charge in [0, 0.05) is 0 Å². The van der Waals surface area contributed by atoms with Crippen molar-refractivity contribution in [2.45, 2.75) is 35.0 Å². The van der Waals surface area contributed by atoms with Gasteiger partial charge in [-0.2, -0.15) is 0 Å². The fourth-order valence-electron chi connectivity index (χ4n) is 3.20. The van der Waals surface area contributed by atoms with E-state index in [-0.39, 0.29) is 0 Å². The Morgan fingerprint density at radius 3 is 2.85 bits per heavy atom. The van der Waals surface area contributed by atoms with Gasteiger partial charge >= 0.3 is 81.7 Å². The summed E-state index contributed by atoms with van der Waals surface area (Å²) in [6, 6.07) is 2.26. The van der Waals surface area contributed by atoms with E-state index in [0.717, 1.165) is 0 Å². The number of aromatic nitrogens is 1. The van der Waals surface area contributed by atoms with Gasteiger partial charge in [0.2, 0.25) is 0 Å². The van der Waals surface area contributed by atoms with Crippen LogP contribution in [-0.2, 0) is 6.42 Å². The molecule has 0 amide bonds. The molecule has 0 aromatic carbocycles. The van der Waals surface area contributed by atoms with Gasteiger partial charge in [-0.25, -0.2) is 0 Å². The summed E-state index contributed by atoms with van der Waals surface area (Å²) in [5.74, 6) is 0. The van der Waals surface area contributed by atoms with Gasteiger partial charge in [-0.15, -0.1) is 0 Å². The molecule has 2 aliphatic heterocycles. The number of hydrogen-bond donors (Lipinski definition) is 0. The first-order valence-electron chi connectivity index (χ1n) is 5.34. The summed E-state index contributed by atoms with van der Waals surface area (Å²) in [6.45, 7) is 0. The fourth-order valence-corrected chi connectivity index (χ4v) is 14.5. The molecule has 0 unspecified atom stereocenters. The van der Waals surface area contributed by atoms with Crippen molar-refractivity contribution in [1.29, 1.82) is 0 Å². The van der Waals surface area contributed by atoms with Crippen LogP contribution in [0.5, 0.6) is 0 Å². The van der Waals surface area contributed by atoms with E-state index in [1.54, 1.807) is 25.7 Å². The molecule has 1 aromatic heterocycles. The third-order valence-electron chi connectivity index (χ3n) is 3.92. The number of fused-ring (bicyclic) bond motifs is 2. The predicted octanol–water partition coefficient (Wildman–Crippen LogP) is 2.09. The zero-order valence-corrected chi connectivity index (χ0v) is 10.0. The molecular formula is C11H15GeN. The quantitative estimate of drug-likeness (QED) is 0.626. The van der Waals surface area contributed by atoms with Gasteiger partial charge < -0.3 is 0 Å². The molecule has 68 valence electrons. The molecule has 2 heteroatoms. The SMILES string of the molecule is c1cc2[c](cn1)[Ge]1([CH2]CC[CH2]1)[CH2]C2. The van der Waals surface area contributed by atoms with Crippen LogP contribution in [0.4, 0.5) is 0 Å². The van der Waals surface area contributed by atoms with Crippen LogP contribution in [0, 0.1) is 0 Å². The van der Waals surface area contributed by atoms with Crippen LogP contribution in [0.3, 0.4) is 0 Å². The first-order chi connectivity index (χ1) is 6.41. The average molecular weight is 234 g/mol. The first kappa shape index (κ1) is 8.04. The zero-order chi connectivity index (χ0) is 8.73. The van der Waals surface area contributed by atoms with E-state index in [1.165, 1.54) is 19.3 Å². The average Bonchev–Trinajstić information content (AvgIpc) is 2.78. The summed E-state index contributed by atoms with van der Waals surface area (Å²) in [5.41, 5.74) is 1.65. The number of aryl methyl sites for hydroxylation is 1. The molecule has 1 nitrogen and oxygen atoms in total. The predicted molar refractivity (Wildman–Crippen MR) is 57.0 cm³/mol. The van der Waals surface area contributed by atoms with Crippen molar-refractivity contribution in [2.24, 2.45) is 0 Å². The summed E-state index contributed by atoms with van der Waals surface area (Å²) >= 11 is -1.48. The Morgan fingerprint density at radius 1 is 1.15 bits per heavy atom. The van der Waals surface area contributed by atoms with Crippen molar-refractivity contribution >= 4 is 17.7 Å². The summed E-state index contributed by atoms with van der Waals surface area (Å²) in [6.07, 6.45) is 8.56. The Kier molecular flexibility index (Phi) is 1.76. The molecule has 13 heavy (non-hydrogen) atoms. The maximum atomic E-state index is 4.32. The number of rotatable bonds is 0. The Bertz CT molecular complexity index is 329. The second-order valence-electron chi connectivity index (χ2n) is 4.52. The zero-order valence-electron chi connectivity index (χ0n) is 7.92. The number of nitrogens with zero attached hydrogens (tertiary/aromatic N) is 1. The molecule has 1 spiro atoms. The monoisotopic (exact) mass is 235 g/mol. The van der Waals surface area contributed by atoms with Crippen molar-refractivity contribution < 1.29 is 0 Å². The van der Waals surface area contributed by atoms with Crippen LogP contribution in [-0.4, -0.2) is 18.3 Å². The van der Waals surface area contributed by atoms with Gasteiger partial charge in [0.15, 0.2) is 0 Å². The van der Waals surface area contributed by atoms with E-state index in [1.807, 2.05) is 6.20 Å². The van der Waals surface area contributed by atoms with Gasteiger partial charge in [0.1, 0.15) is 0 Å². The van der Waals surface area contributed by atoms with Gasteiger partial charge in [0.05, 0.1) is 0 Å². The molecule has 0 atom stereocenters. The standard InChI is InChI=1S/C11H15GeN/c1-2-6-12(5-1)7-3-10-4-8-13-9-11(10)12/h4,8-9H,1-3,5-7H2. The summed E-state index contributed by atoms with van der Waals surface area (Å²) < 4.78 is 1.76. The van der Waals surface area contributed by atoms with Crippen LogP contribution < -0.4 is 4.40 Å². The molecule has 1 fully saturated rings. The molecular weight excluding hydrogens is 219 g/mol. The molecule has 0 aliphatic carbocycles. The Morgan fingerprint density at radius 2 is 2.00 bits per heavy atom. The van der Waals surface area contributed by atoms with E-state index in [4.69, 9.17) is 0 Å². The number of pyridine rings is 1. The second kappa shape index (κ2) is 2.84. The van der Waals surface area contributed by atoms with Crippen LogP contribution in [0.25, 0.3) is 0 Å².